The number of aryl methyl sites for hydroxylation is 1. The maximum Gasteiger partial charge on any atom is 0.122 e. The summed E-state index contributed by atoms with van der Waals surface area (Å²) in [5.74, 6) is 1.61. The first-order valence-corrected chi connectivity index (χ1v) is 5.61. The number of nitrogens with two attached hydrogens (primary N) is 1. The van der Waals surface area contributed by atoms with Crippen molar-refractivity contribution in [3.8, 4) is 5.75 Å². The molecule has 2 unspecified atom stereocenters. The Labute approximate surface area is 91.4 Å². The fraction of sp³-hybridized carbons (Fsp3) is 0.538. The molecule has 0 aliphatic heterocycles. The van der Waals surface area contributed by atoms with Crippen LogP contribution < -0.4 is 10.5 Å². The van der Waals surface area contributed by atoms with E-state index in [9.17, 15) is 0 Å². The lowest BCUT2D eigenvalue weighted by Gasteiger charge is -2.15. The van der Waals surface area contributed by atoms with Gasteiger partial charge in [0.05, 0.1) is 7.11 Å². The van der Waals surface area contributed by atoms with Gasteiger partial charge in [0.15, 0.2) is 0 Å². The summed E-state index contributed by atoms with van der Waals surface area (Å²) in [7, 11) is 1.74. The first-order valence-electron chi connectivity index (χ1n) is 5.61. The molecule has 1 fully saturated rings. The van der Waals surface area contributed by atoms with E-state index < -0.39 is 0 Å². The van der Waals surface area contributed by atoms with E-state index in [4.69, 9.17) is 10.5 Å². The van der Waals surface area contributed by atoms with Crippen LogP contribution in [-0.2, 0) is 0 Å². The Bertz CT molecular complexity index is 348. The number of rotatable bonds is 2. The lowest BCUT2D eigenvalue weighted by Crippen LogP contribution is -2.14. The van der Waals surface area contributed by atoms with Crippen LogP contribution in [0.1, 0.15) is 36.3 Å². The lowest BCUT2D eigenvalue weighted by atomic mass is 9.95. The summed E-state index contributed by atoms with van der Waals surface area (Å²) in [5.41, 5.74) is 8.59. The summed E-state index contributed by atoms with van der Waals surface area (Å²) in [6, 6.07) is 6.77. The fourth-order valence-corrected chi connectivity index (χ4v) is 2.47. The van der Waals surface area contributed by atoms with E-state index in [1.54, 1.807) is 7.11 Å². The van der Waals surface area contributed by atoms with Crippen LogP contribution in [0.25, 0.3) is 0 Å². The van der Waals surface area contributed by atoms with Crippen LogP contribution in [0.4, 0.5) is 0 Å². The van der Waals surface area contributed by atoms with Crippen molar-refractivity contribution in [2.75, 3.05) is 7.11 Å². The van der Waals surface area contributed by atoms with E-state index in [0.29, 0.717) is 12.0 Å². The zero-order valence-corrected chi connectivity index (χ0v) is 9.49. The standard InChI is InChI=1S/C13H19NO/c1-9-3-6-13(15-2)12(7-9)10-4-5-11(14)8-10/h3,6-7,10-11H,4-5,8,14H2,1-2H3. The number of hydrogen-bond acceptors (Lipinski definition) is 2. The normalized spacial score (nSPS) is 25.5. The second-order valence-electron chi connectivity index (χ2n) is 4.52. The summed E-state index contributed by atoms with van der Waals surface area (Å²) < 4.78 is 5.41. The van der Waals surface area contributed by atoms with Gasteiger partial charge in [-0.3, -0.25) is 0 Å². The van der Waals surface area contributed by atoms with Gasteiger partial charge in [-0.1, -0.05) is 17.7 Å². The molecule has 0 bridgehead atoms. The molecule has 1 aromatic carbocycles. The largest absolute Gasteiger partial charge is 0.496 e. The number of hydrogen-bond donors (Lipinski definition) is 1. The van der Waals surface area contributed by atoms with Gasteiger partial charge in [0.25, 0.3) is 0 Å². The molecule has 0 spiro atoms. The monoisotopic (exact) mass is 205 g/mol. The zero-order chi connectivity index (χ0) is 10.8. The molecule has 0 saturated heterocycles. The summed E-state index contributed by atoms with van der Waals surface area (Å²) >= 11 is 0. The van der Waals surface area contributed by atoms with Gasteiger partial charge in [-0.25, -0.2) is 0 Å². The van der Waals surface area contributed by atoms with Crippen LogP contribution in [0.5, 0.6) is 5.75 Å². The first kappa shape index (κ1) is 10.5. The van der Waals surface area contributed by atoms with Crippen LogP contribution in [0.3, 0.4) is 0 Å². The van der Waals surface area contributed by atoms with Crippen LogP contribution >= 0.6 is 0 Å². The van der Waals surface area contributed by atoms with E-state index >= 15 is 0 Å². The Morgan fingerprint density at radius 1 is 1.33 bits per heavy atom. The van der Waals surface area contributed by atoms with Crippen molar-refractivity contribution in [3.05, 3.63) is 29.3 Å². The average molecular weight is 205 g/mol. The quantitative estimate of drug-likeness (QED) is 0.805. The highest BCUT2D eigenvalue weighted by molar-refractivity contribution is 5.40. The van der Waals surface area contributed by atoms with Crippen molar-refractivity contribution in [2.45, 2.75) is 38.1 Å². The van der Waals surface area contributed by atoms with Crippen molar-refractivity contribution < 1.29 is 4.74 Å². The maximum absolute atomic E-state index is 5.95. The Morgan fingerprint density at radius 3 is 2.73 bits per heavy atom. The Hall–Kier alpha value is -1.02. The van der Waals surface area contributed by atoms with E-state index in [1.165, 1.54) is 17.5 Å². The molecule has 2 N–H and O–H groups in total. The topological polar surface area (TPSA) is 35.2 Å². The van der Waals surface area contributed by atoms with Gasteiger partial charge in [0.1, 0.15) is 5.75 Å². The minimum atomic E-state index is 0.375. The van der Waals surface area contributed by atoms with Crippen molar-refractivity contribution >= 4 is 0 Å². The third-order valence-electron chi connectivity index (χ3n) is 3.30. The number of ether oxygens (including phenoxy) is 1. The van der Waals surface area contributed by atoms with Gasteiger partial charge in [-0.15, -0.1) is 0 Å². The van der Waals surface area contributed by atoms with Gasteiger partial charge in [-0.2, -0.15) is 0 Å². The Balaban J connectivity index is 2.29. The highest BCUT2D eigenvalue weighted by Crippen LogP contribution is 2.38. The van der Waals surface area contributed by atoms with Gasteiger partial charge in [0.2, 0.25) is 0 Å². The van der Waals surface area contributed by atoms with Gasteiger partial charge >= 0.3 is 0 Å². The minimum absolute atomic E-state index is 0.375. The molecule has 82 valence electrons. The molecule has 2 rings (SSSR count). The van der Waals surface area contributed by atoms with Crippen LogP contribution in [0.2, 0.25) is 0 Å². The molecule has 1 aliphatic carbocycles. The van der Waals surface area contributed by atoms with E-state index in [1.807, 2.05) is 0 Å². The number of methoxy groups -OCH3 is 1. The smallest absolute Gasteiger partial charge is 0.122 e. The lowest BCUT2D eigenvalue weighted by molar-refractivity contribution is 0.405. The molecule has 1 saturated carbocycles. The summed E-state index contributed by atoms with van der Waals surface area (Å²) in [5, 5.41) is 0. The van der Waals surface area contributed by atoms with E-state index in [2.05, 4.69) is 25.1 Å². The molecule has 0 amide bonds. The van der Waals surface area contributed by atoms with Gasteiger partial charge in [-0.05, 0) is 43.7 Å². The van der Waals surface area contributed by atoms with Gasteiger partial charge < -0.3 is 10.5 Å². The van der Waals surface area contributed by atoms with Crippen LogP contribution in [-0.4, -0.2) is 13.2 Å². The Morgan fingerprint density at radius 2 is 2.13 bits per heavy atom. The summed E-state index contributed by atoms with van der Waals surface area (Å²) in [4.78, 5) is 0. The molecule has 1 aliphatic rings. The molecule has 0 heterocycles. The number of benzene rings is 1. The second-order valence-corrected chi connectivity index (χ2v) is 4.52. The van der Waals surface area contributed by atoms with Crippen LogP contribution in [0.15, 0.2) is 18.2 Å². The molecule has 2 heteroatoms. The summed E-state index contributed by atoms with van der Waals surface area (Å²) in [6.07, 6.45) is 3.43. The highest BCUT2D eigenvalue weighted by Gasteiger charge is 2.25. The van der Waals surface area contributed by atoms with E-state index in [-0.39, 0.29) is 0 Å². The zero-order valence-electron chi connectivity index (χ0n) is 9.49. The maximum atomic E-state index is 5.95. The molecule has 0 radical (unpaired) electrons. The van der Waals surface area contributed by atoms with Gasteiger partial charge in [0, 0.05) is 6.04 Å². The van der Waals surface area contributed by atoms with Crippen LogP contribution in [0, 0.1) is 6.92 Å². The highest BCUT2D eigenvalue weighted by atomic mass is 16.5. The molecule has 2 nitrogen and oxygen atoms in total. The van der Waals surface area contributed by atoms with Crippen molar-refractivity contribution in [1.82, 2.24) is 0 Å². The SMILES string of the molecule is COc1ccc(C)cc1C1CCC(N)C1. The second kappa shape index (κ2) is 4.23. The third kappa shape index (κ3) is 2.15. The van der Waals surface area contributed by atoms with Crippen molar-refractivity contribution in [1.29, 1.82) is 0 Å². The minimum Gasteiger partial charge on any atom is -0.496 e. The fourth-order valence-electron chi connectivity index (χ4n) is 2.47. The Kier molecular flexibility index (Phi) is 2.96. The van der Waals surface area contributed by atoms with Crippen molar-refractivity contribution in [2.24, 2.45) is 5.73 Å². The molecular formula is C13H19NO. The summed E-state index contributed by atoms with van der Waals surface area (Å²) in [6.45, 7) is 2.12. The average Bonchev–Trinajstić information content (AvgIpc) is 2.65. The molecular weight excluding hydrogens is 186 g/mol. The third-order valence-corrected chi connectivity index (χ3v) is 3.30. The van der Waals surface area contributed by atoms with Crippen molar-refractivity contribution in [3.63, 3.8) is 0 Å². The predicted octanol–water partition coefficient (Wildman–Crippen LogP) is 2.60. The molecule has 1 aromatic rings. The molecule has 15 heavy (non-hydrogen) atoms. The first-order chi connectivity index (χ1) is 7.20. The molecule has 2 atom stereocenters. The predicted molar refractivity (Wildman–Crippen MR) is 62.3 cm³/mol. The van der Waals surface area contributed by atoms with E-state index in [0.717, 1.165) is 18.6 Å². The molecule has 0 aromatic heterocycles.